The van der Waals surface area contributed by atoms with Gasteiger partial charge in [-0.1, -0.05) is 42.5 Å². The number of rotatable bonds is 6. The topological polar surface area (TPSA) is 80.7 Å². The summed E-state index contributed by atoms with van der Waals surface area (Å²) in [7, 11) is 0. The van der Waals surface area contributed by atoms with E-state index in [0.29, 0.717) is 16.7 Å². The minimum Gasteiger partial charge on any atom is -0.478 e. The molecule has 5 nitrogen and oxygen atoms in total. The van der Waals surface area contributed by atoms with E-state index < -0.39 is 17.7 Å². The van der Waals surface area contributed by atoms with Crippen molar-refractivity contribution in [1.82, 2.24) is 0 Å². The van der Waals surface area contributed by atoms with Crippen LogP contribution in [0.15, 0.2) is 60.7 Å². The molecule has 2 aromatic rings. The second-order valence-electron chi connectivity index (χ2n) is 4.88. The van der Waals surface area contributed by atoms with E-state index in [-0.39, 0.29) is 6.61 Å². The zero-order valence-corrected chi connectivity index (χ0v) is 13.1. The molecule has 122 valence electrons. The Morgan fingerprint density at radius 3 is 2.29 bits per heavy atom. The van der Waals surface area contributed by atoms with Crippen molar-refractivity contribution in [3.05, 3.63) is 71.8 Å². The highest BCUT2D eigenvalue weighted by atomic mass is 16.5. The van der Waals surface area contributed by atoms with Crippen molar-refractivity contribution in [3.8, 4) is 11.1 Å². The van der Waals surface area contributed by atoms with Gasteiger partial charge in [-0.3, -0.25) is 4.79 Å². The van der Waals surface area contributed by atoms with E-state index >= 15 is 0 Å². The van der Waals surface area contributed by atoms with E-state index in [1.807, 2.05) is 6.07 Å². The number of carboxylic acids is 1. The molecule has 0 spiro atoms. The Kier molecular flexibility index (Phi) is 5.63. The monoisotopic (exact) mass is 324 g/mol. The average molecular weight is 324 g/mol. The summed E-state index contributed by atoms with van der Waals surface area (Å²) >= 11 is 0. The highest BCUT2D eigenvalue weighted by molar-refractivity contribution is 6.07. The van der Waals surface area contributed by atoms with Crippen LogP contribution in [-0.4, -0.2) is 29.4 Å². The Bertz CT molecular complexity index is 788. The predicted molar refractivity (Wildman–Crippen MR) is 88.9 cm³/mol. The van der Waals surface area contributed by atoms with Gasteiger partial charge in [0.2, 0.25) is 0 Å². The van der Waals surface area contributed by atoms with E-state index in [1.165, 1.54) is 0 Å². The normalized spacial score (nSPS) is 10.5. The molecule has 0 aliphatic carbocycles. The third-order valence-corrected chi connectivity index (χ3v) is 3.28. The second kappa shape index (κ2) is 7.87. The minimum absolute atomic E-state index is 0.288. The first-order valence-corrected chi connectivity index (χ1v) is 7.35. The first kappa shape index (κ1) is 17.1. The van der Waals surface area contributed by atoms with Gasteiger partial charge in [-0.2, -0.15) is 0 Å². The van der Waals surface area contributed by atoms with Crippen molar-refractivity contribution in [2.75, 3.05) is 6.61 Å². The smallest absolute Gasteiger partial charge is 0.338 e. The fraction of sp³-hybridized carbons (Fsp3) is 0.105. The molecule has 0 radical (unpaired) electrons. The number of hydrogen-bond donors (Lipinski definition) is 1. The van der Waals surface area contributed by atoms with Crippen molar-refractivity contribution in [2.45, 2.75) is 6.92 Å². The van der Waals surface area contributed by atoms with E-state index in [1.54, 1.807) is 49.4 Å². The number of benzene rings is 2. The Hall–Kier alpha value is -3.21. The molecule has 0 heterocycles. The molecular formula is C19H16O5. The molecule has 0 aromatic heterocycles. The number of ketones is 1. The van der Waals surface area contributed by atoms with Crippen molar-refractivity contribution in [1.29, 1.82) is 0 Å². The Labute approximate surface area is 139 Å². The van der Waals surface area contributed by atoms with Gasteiger partial charge in [0, 0.05) is 11.6 Å². The maximum Gasteiger partial charge on any atom is 0.338 e. The maximum absolute atomic E-state index is 12.0. The number of esters is 1. The predicted octanol–water partition coefficient (Wildman–Crippen LogP) is 3.35. The molecule has 0 amide bonds. The molecule has 1 N–H and O–H groups in total. The van der Waals surface area contributed by atoms with Gasteiger partial charge < -0.3 is 9.84 Å². The van der Waals surface area contributed by atoms with Crippen molar-refractivity contribution in [2.24, 2.45) is 0 Å². The van der Waals surface area contributed by atoms with Gasteiger partial charge in [-0.15, -0.1) is 0 Å². The number of carbonyl (C=O) groups excluding carboxylic acids is 2. The molecule has 5 heteroatoms. The molecule has 0 saturated heterocycles. The lowest BCUT2D eigenvalue weighted by Gasteiger charge is -2.09. The van der Waals surface area contributed by atoms with Crippen LogP contribution >= 0.6 is 0 Å². The molecule has 0 saturated carbocycles. The number of hydrogen-bond acceptors (Lipinski definition) is 4. The lowest BCUT2D eigenvalue weighted by Crippen LogP contribution is -2.06. The highest BCUT2D eigenvalue weighted by Crippen LogP contribution is 2.25. The first-order valence-electron chi connectivity index (χ1n) is 7.35. The Morgan fingerprint density at radius 2 is 1.67 bits per heavy atom. The summed E-state index contributed by atoms with van der Waals surface area (Å²) in [6.07, 6.45) is 1.80. The van der Waals surface area contributed by atoms with E-state index in [4.69, 9.17) is 9.84 Å². The van der Waals surface area contributed by atoms with Crippen LogP contribution in [0.3, 0.4) is 0 Å². The van der Waals surface area contributed by atoms with Crippen LogP contribution in [0.5, 0.6) is 0 Å². The molecule has 2 rings (SSSR count). The molecule has 2 aromatic carbocycles. The molecule has 0 unspecified atom stereocenters. The summed E-state index contributed by atoms with van der Waals surface area (Å²) in [4.78, 5) is 34.3. The van der Waals surface area contributed by atoms with Crippen LogP contribution in [-0.2, 0) is 9.53 Å². The average Bonchev–Trinajstić information content (AvgIpc) is 2.60. The number of carboxylic acid groups (broad SMARTS) is 1. The van der Waals surface area contributed by atoms with Gasteiger partial charge in [0.05, 0.1) is 12.2 Å². The Morgan fingerprint density at radius 1 is 1.00 bits per heavy atom. The first-order chi connectivity index (χ1) is 11.5. The third-order valence-electron chi connectivity index (χ3n) is 3.28. The number of carbonyl (C=O) groups is 3. The summed E-state index contributed by atoms with van der Waals surface area (Å²) in [5, 5.41) is 8.55. The summed E-state index contributed by atoms with van der Waals surface area (Å²) in [5.41, 5.74) is 2.28. The summed E-state index contributed by atoms with van der Waals surface area (Å²) < 4.78 is 5.05. The van der Waals surface area contributed by atoms with Crippen LogP contribution in [0.25, 0.3) is 11.1 Å². The molecule has 0 atom stereocenters. The molecular weight excluding hydrogens is 308 g/mol. The summed E-state index contributed by atoms with van der Waals surface area (Å²) in [6, 6.07) is 13.6. The van der Waals surface area contributed by atoms with Gasteiger partial charge in [0.15, 0.2) is 5.78 Å². The molecule has 0 fully saturated rings. The van der Waals surface area contributed by atoms with Gasteiger partial charge in [-0.25, -0.2) is 9.59 Å². The zero-order valence-electron chi connectivity index (χ0n) is 13.1. The molecule has 0 bridgehead atoms. The van der Waals surface area contributed by atoms with Gasteiger partial charge in [0.25, 0.3) is 0 Å². The number of ether oxygens (including phenoxy) is 1. The van der Waals surface area contributed by atoms with E-state index in [2.05, 4.69) is 0 Å². The fourth-order valence-electron chi connectivity index (χ4n) is 2.18. The van der Waals surface area contributed by atoms with E-state index in [0.717, 1.165) is 17.7 Å². The SMILES string of the molecule is CCOC(=O)c1ccccc1-c1ccc(C(=O)C=CC(=O)O)cc1. The lowest BCUT2D eigenvalue weighted by atomic mass is 9.98. The Balaban J connectivity index is 2.30. The number of aliphatic carboxylic acids is 1. The number of allylic oxidation sites excluding steroid dienone is 1. The molecule has 0 aliphatic heterocycles. The van der Waals surface area contributed by atoms with Crippen LogP contribution < -0.4 is 0 Å². The minimum atomic E-state index is -1.18. The fourth-order valence-corrected chi connectivity index (χ4v) is 2.18. The van der Waals surface area contributed by atoms with Crippen molar-refractivity contribution >= 4 is 17.7 Å². The van der Waals surface area contributed by atoms with Gasteiger partial charge >= 0.3 is 11.9 Å². The highest BCUT2D eigenvalue weighted by Gasteiger charge is 2.13. The second-order valence-corrected chi connectivity index (χ2v) is 4.88. The molecule has 0 aliphatic rings. The summed E-state index contributed by atoms with van der Waals surface area (Å²) in [6.45, 7) is 2.03. The third kappa shape index (κ3) is 4.16. The van der Waals surface area contributed by atoms with Crippen LogP contribution in [0.4, 0.5) is 0 Å². The van der Waals surface area contributed by atoms with Crippen LogP contribution in [0.2, 0.25) is 0 Å². The van der Waals surface area contributed by atoms with Gasteiger partial charge in [0.1, 0.15) is 0 Å². The van der Waals surface area contributed by atoms with Crippen LogP contribution in [0.1, 0.15) is 27.6 Å². The standard InChI is InChI=1S/C19H16O5/c1-2-24-19(23)16-6-4-3-5-15(16)13-7-9-14(10-8-13)17(20)11-12-18(21)22/h3-12H,2H2,1H3,(H,21,22). The lowest BCUT2D eigenvalue weighted by molar-refractivity contribution is -0.131. The van der Waals surface area contributed by atoms with Crippen LogP contribution in [0, 0.1) is 0 Å². The van der Waals surface area contributed by atoms with E-state index in [9.17, 15) is 14.4 Å². The summed E-state index contributed by atoms with van der Waals surface area (Å²) in [5.74, 6) is -1.98. The van der Waals surface area contributed by atoms with Crippen molar-refractivity contribution < 1.29 is 24.2 Å². The maximum atomic E-state index is 12.0. The largest absolute Gasteiger partial charge is 0.478 e. The quantitative estimate of drug-likeness (QED) is 0.500. The van der Waals surface area contributed by atoms with Crippen molar-refractivity contribution in [3.63, 3.8) is 0 Å². The molecule has 24 heavy (non-hydrogen) atoms. The zero-order chi connectivity index (χ0) is 17.5. The van der Waals surface area contributed by atoms with Gasteiger partial charge in [-0.05, 0) is 30.2 Å².